The summed E-state index contributed by atoms with van der Waals surface area (Å²) in [4.78, 5) is 63.9. The maximum Gasteiger partial charge on any atom is 0.427 e. The van der Waals surface area contributed by atoms with Gasteiger partial charge in [0.05, 0.1) is 12.8 Å². The van der Waals surface area contributed by atoms with Crippen LogP contribution >= 0.6 is 40.0 Å². The van der Waals surface area contributed by atoms with E-state index in [-0.39, 0.29) is 51.0 Å². The van der Waals surface area contributed by atoms with E-state index in [1.165, 1.54) is 11.1 Å². The lowest BCUT2D eigenvalue weighted by molar-refractivity contribution is 0.0753. The molecule has 0 atom stereocenters. The second kappa shape index (κ2) is 20.3. The van der Waals surface area contributed by atoms with Crippen LogP contribution in [0.1, 0.15) is 18.4 Å². The zero-order valence-corrected chi connectivity index (χ0v) is 25.2. The Labute approximate surface area is 245 Å². The number of hydrazone groups is 1. The van der Waals surface area contributed by atoms with Gasteiger partial charge in [-0.25, -0.2) is 15.0 Å². The minimum absolute atomic E-state index is 0.145. The number of hydrogen-bond acceptors (Lipinski definition) is 12. The highest BCUT2D eigenvalue weighted by Crippen LogP contribution is 2.59. The van der Waals surface area contributed by atoms with Crippen molar-refractivity contribution in [2.75, 3.05) is 64.8 Å². The van der Waals surface area contributed by atoms with Gasteiger partial charge in [-0.2, -0.15) is 5.10 Å². The Morgan fingerprint density at radius 1 is 1.02 bits per heavy atom. The minimum atomic E-state index is -2.92. The van der Waals surface area contributed by atoms with Crippen molar-refractivity contribution in [1.82, 2.24) is 15.2 Å². The quantitative estimate of drug-likeness (QED) is 0.0422. The van der Waals surface area contributed by atoms with Gasteiger partial charge in [-0.05, 0) is 31.2 Å². The average molecular weight is 649 g/mol. The first-order valence-corrected chi connectivity index (χ1v) is 15.6. The van der Waals surface area contributed by atoms with Crippen LogP contribution in [0.5, 0.6) is 5.75 Å². The number of ether oxygens (including phenoxy) is 3. The number of aliphatic hydroxyl groups is 1. The number of carbonyl (C=O) groups excluding carboxylic acids is 2. The second-order valence-corrected chi connectivity index (χ2v) is 11.9. The van der Waals surface area contributed by atoms with Gasteiger partial charge in [0, 0.05) is 44.4 Å². The van der Waals surface area contributed by atoms with Crippen LogP contribution in [0.3, 0.4) is 0 Å². The van der Waals surface area contributed by atoms with Gasteiger partial charge in [-0.3, -0.25) is 0 Å². The summed E-state index contributed by atoms with van der Waals surface area (Å²) in [6, 6.07) is 6.96. The third kappa shape index (κ3) is 14.4. The molecule has 0 heterocycles. The van der Waals surface area contributed by atoms with Gasteiger partial charge in [0.2, 0.25) is 21.8 Å². The van der Waals surface area contributed by atoms with Gasteiger partial charge < -0.3 is 48.7 Å². The Morgan fingerprint density at radius 2 is 1.68 bits per heavy atom. The molecule has 6 N–H and O–H groups in total. The number of nitrogens with one attached hydrogen (secondary N) is 1. The van der Waals surface area contributed by atoms with E-state index in [2.05, 4.69) is 10.5 Å². The molecular formula is C22H36Cl2N4O10P2. The normalized spacial score (nSPS) is 11.9. The Morgan fingerprint density at radius 3 is 2.30 bits per heavy atom. The van der Waals surface area contributed by atoms with Crippen molar-refractivity contribution in [1.29, 1.82) is 0 Å². The van der Waals surface area contributed by atoms with Crippen molar-refractivity contribution in [2.24, 2.45) is 5.10 Å². The van der Waals surface area contributed by atoms with Crippen LogP contribution in [-0.2, 0) is 9.47 Å². The smallest absolute Gasteiger partial charge is 0.427 e. The van der Waals surface area contributed by atoms with E-state index in [0.717, 1.165) is 0 Å². The molecule has 1 rings (SSSR count). The Bertz CT molecular complexity index is 906. The van der Waals surface area contributed by atoms with Crippen LogP contribution < -0.4 is 10.2 Å². The minimum Gasteiger partial charge on any atom is -0.494 e. The van der Waals surface area contributed by atoms with E-state index in [0.29, 0.717) is 30.9 Å². The van der Waals surface area contributed by atoms with Gasteiger partial charge >= 0.3 is 12.2 Å². The highest BCUT2D eigenvalue weighted by Gasteiger charge is 2.43. The molecule has 0 fully saturated rings. The fourth-order valence-electron chi connectivity index (χ4n) is 2.99. The Kier molecular flexibility index (Phi) is 18.5. The van der Waals surface area contributed by atoms with Gasteiger partial charge in [0.25, 0.3) is 0 Å². The van der Waals surface area contributed by atoms with Gasteiger partial charge in [0.1, 0.15) is 19.0 Å². The first-order valence-electron chi connectivity index (χ1n) is 12.0. The summed E-state index contributed by atoms with van der Waals surface area (Å²) in [6.45, 7) is 1.38. The molecule has 0 aliphatic heterocycles. The number of carbonyl (C=O) groups is 2. The lowest BCUT2D eigenvalue weighted by Gasteiger charge is -2.30. The topological polar surface area (TPSA) is 194 Å². The van der Waals surface area contributed by atoms with E-state index in [1.54, 1.807) is 36.2 Å². The predicted octanol–water partition coefficient (Wildman–Crippen LogP) is 1.99. The molecular weight excluding hydrogens is 613 g/mol. The monoisotopic (exact) mass is 648 g/mol. The summed E-state index contributed by atoms with van der Waals surface area (Å²) in [5.74, 6) is 1.05. The van der Waals surface area contributed by atoms with Crippen molar-refractivity contribution in [3.8, 4) is 5.75 Å². The van der Waals surface area contributed by atoms with Crippen LogP contribution in [0.15, 0.2) is 29.4 Å². The van der Waals surface area contributed by atoms with Crippen LogP contribution in [0.25, 0.3) is 0 Å². The third-order valence-corrected chi connectivity index (χ3v) is 8.30. The molecule has 0 aliphatic carbocycles. The number of alkyl halides is 2. The molecule has 0 saturated carbocycles. The third-order valence-electron chi connectivity index (χ3n) is 5.16. The number of benzene rings is 1. The standard InChI is InChI=1S/C22H36Cl2N4O10P2/c1-27(10-6-22(31,39(32)33)40(34)35)9-3-13-36-19-5-2-4-18(16-19)17-25-26-20(29)37-14-15-38-21(30)28(11-7-23)12-8-24/h2,4-5,16-17,31-35H,3,6-15H2,1H3,(H,26,29)/b25-17+. The molecule has 0 radical (unpaired) electrons. The zero-order valence-electron chi connectivity index (χ0n) is 21.9. The maximum atomic E-state index is 11.9. The van der Waals surface area contributed by atoms with Crippen molar-refractivity contribution >= 4 is 58.4 Å². The van der Waals surface area contributed by atoms with Crippen LogP contribution in [0.4, 0.5) is 9.59 Å². The van der Waals surface area contributed by atoms with Crippen LogP contribution in [0.2, 0.25) is 0 Å². The molecule has 0 bridgehead atoms. The largest absolute Gasteiger partial charge is 0.494 e. The fraction of sp³-hybridized carbons (Fsp3) is 0.591. The first-order chi connectivity index (χ1) is 19.0. The molecule has 0 saturated heterocycles. The van der Waals surface area contributed by atoms with E-state index in [4.69, 9.17) is 37.4 Å². The summed E-state index contributed by atoms with van der Waals surface area (Å²) in [6.07, 6.45) is 0.362. The number of hydrogen-bond donors (Lipinski definition) is 6. The number of halogens is 2. The SMILES string of the molecule is CN(CCCOc1cccc(/C=N/NC(=O)OCCOC(=O)N(CCCl)CCCl)c1)CCC(O)(P(O)O)P(O)O. The van der Waals surface area contributed by atoms with Crippen molar-refractivity contribution in [3.63, 3.8) is 0 Å². The van der Waals surface area contributed by atoms with E-state index < -0.39 is 34.0 Å². The molecule has 0 spiro atoms. The average Bonchev–Trinajstić information content (AvgIpc) is 2.91. The molecule has 0 aliphatic rings. The summed E-state index contributed by atoms with van der Waals surface area (Å²) in [5.41, 5.74) is 2.85. The number of amides is 2. The molecule has 40 heavy (non-hydrogen) atoms. The molecule has 2 amide bonds. The molecule has 1 aromatic carbocycles. The zero-order chi connectivity index (χ0) is 30.0. The Balaban J connectivity index is 2.33. The van der Waals surface area contributed by atoms with Crippen molar-refractivity contribution < 1.29 is 48.5 Å². The van der Waals surface area contributed by atoms with Gasteiger partial charge in [0.15, 0.2) is 0 Å². The molecule has 0 unspecified atom stereocenters. The summed E-state index contributed by atoms with van der Waals surface area (Å²) < 4.78 is 15.6. The van der Waals surface area contributed by atoms with E-state index in [9.17, 15) is 34.3 Å². The molecule has 0 aromatic heterocycles. The lowest BCUT2D eigenvalue weighted by atomic mass is 10.2. The van der Waals surface area contributed by atoms with Crippen LogP contribution in [0, 0.1) is 0 Å². The maximum absolute atomic E-state index is 11.9. The molecule has 228 valence electrons. The van der Waals surface area contributed by atoms with Gasteiger partial charge in [-0.1, -0.05) is 12.1 Å². The second-order valence-electron chi connectivity index (χ2n) is 8.17. The number of nitrogens with zero attached hydrogens (tertiary/aromatic N) is 3. The highest BCUT2D eigenvalue weighted by molar-refractivity contribution is 7.65. The summed E-state index contributed by atoms with van der Waals surface area (Å²) in [5, 5.41) is 11.5. The first kappa shape index (κ1) is 36.5. The molecule has 14 nitrogen and oxygen atoms in total. The van der Waals surface area contributed by atoms with Crippen molar-refractivity contribution in [3.05, 3.63) is 29.8 Å². The fourth-order valence-corrected chi connectivity index (χ4v) is 4.63. The van der Waals surface area contributed by atoms with E-state index in [1.807, 2.05) is 0 Å². The summed E-state index contributed by atoms with van der Waals surface area (Å²) in [7, 11) is -4.09. The predicted molar refractivity (Wildman–Crippen MR) is 153 cm³/mol. The van der Waals surface area contributed by atoms with Crippen LogP contribution in [-0.4, -0.2) is 123 Å². The van der Waals surface area contributed by atoms with Crippen molar-refractivity contribution in [2.45, 2.75) is 17.9 Å². The van der Waals surface area contributed by atoms with E-state index >= 15 is 0 Å². The number of rotatable bonds is 19. The summed E-state index contributed by atoms with van der Waals surface area (Å²) >= 11 is 11.3. The highest BCUT2D eigenvalue weighted by atomic mass is 35.5. The molecule has 18 heteroatoms. The Hall–Kier alpha value is -1.57. The van der Waals surface area contributed by atoms with Gasteiger partial charge in [-0.15, -0.1) is 23.2 Å². The molecule has 1 aromatic rings. The lowest BCUT2D eigenvalue weighted by Crippen LogP contribution is -2.35.